The number of ether oxygens (including phenoxy) is 1. The second-order valence-corrected chi connectivity index (χ2v) is 8.20. The van der Waals surface area contributed by atoms with Crippen molar-refractivity contribution in [2.45, 2.75) is 17.9 Å². The molecule has 0 radical (unpaired) electrons. The Morgan fingerprint density at radius 2 is 1.88 bits per heavy atom. The summed E-state index contributed by atoms with van der Waals surface area (Å²) in [5.74, 6) is 0.549. The Hall–Kier alpha value is -2.38. The van der Waals surface area contributed by atoms with Gasteiger partial charge < -0.3 is 10.1 Å². The van der Waals surface area contributed by atoms with E-state index in [4.69, 9.17) is 4.74 Å². The van der Waals surface area contributed by atoms with E-state index in [9.17, 15) is 13.2 Å². The number of para-hydroxylation sites is 1. The van der Waals surface area contributed by atoms with Gasteiger partial charge in [-0.15, -0.1) is 0 Å². The molecule has 0 heterocycles. The Balaban J connectivity index is 2.05. The quantitative estimate of drug-likeness (QED) is 0.804. The fourth-order valence-corrected chi connectivity index (χ4v) is 3.28. The van der Waals surface area contributed by atoms with Gasteiger partial charge in [-0.3, -0.25) is 9.69 Å². The minimum absolute atomic E-state index is 0.0285. The Labute approximate surface area is 154 Å². The molecule has 6 nitrogen and oxygen atoms in total. The van der Waals surface area contributed by atoms with Crippen LogP contribution in [-0.4, -0.2) is 46.2 Å². The fourth-order valence-electron chi connectivity index (χ4n) is 2.62. The van der Waals surface area contributed by atoms with E-state index in [1.54, 1.807) is 19.2 Å². The van der Waals surface area contributed by atoms with Crippen LogP contribution in [0.1, 0.15) is 18.5 Å². The first kappa shape index (κ1) is 19.9. The molecular weight excluding hydrogens is 352 g/mol. The van der Waals surface area contributed by atoms with Crippen LogP contribution in [0.2, 0.25) is 0 Å². The Morgan fingerprint density at radius 3 is 2.54 bits per heavy atom. The van der Waals surface area contributed by atoms with Crippen molar-refractivity contribution >= 4 is 21.4 Å². The highest BCUT2D eigenvalue weighted by molar-refractivity contribution is 7.90. The van der Waals surface area contributed by atoms with Gasteiger partial charge in [0, 0.05) is 23.5 Å². The molecule has 0 fully saturated rings. The van der Waals surface area contributed by atoms with E-state index in [2.05, 4.69) is 5.32 Å². The monoisotopic (exact) mass is 376 g/mol. The van der Waals surface area contributed by atoms with Crippen molar-refractivity contribution in [2.75, 3.05) is 32.3 Å². The van der Waals surface area contributed by atoms with Crippen molar-refractivity contribution in [3.63, 3.8) is 0 Å². The lowest BCUT2D eigenvalue weighted by Crippen LogP contribution is -2.32. The van der Waals surface area contributed by atoms with Gasteiger partial charge in [-0.2, -0.15) is 0 Å². The Kier molecular flexibility index (Phi) is 6.39. The zero-order valence-corrected chi connectivity index (χ0v) is 16.2. The SMILES string of the molecule is COc1ccccc1C(C)N(C)CC(=O)Nc1cccc(S(C)(=O)=O)c1. The van der Waals surface area contributed by atoms with Gasteiger partial charge in [-0.05, 0) is 38.2 Å². The van der Waals surface area contributed by atoms with Crippen LogP contribution in [0, 0.1) is 0 Å². The maximum atomic E-state index is 12.3. The van der Waals surface area contributed by atoms with E-state index < -0.39 is 9.84 Å². The Morgan fingerprint density at radius 1 is 1.19 bits per heavy atom. The van der Waals surface area contributed by atoms with Gasteiger partial charge in [0.15, 0.2) is 9.84 Å². The fraction of sp³-hybridized carbons (Fsp3) is 0.316. The number of nitrogens with zero attached hydrogens (tertiary/aromatic N) is 1. The van der Waals surface area contributed by atoms with Crippen molar-refractivity contribution in [2.24, 2.45) is 0 Å². The summed E-state index contributed by atoms with van der Waals surface area (Å²) in [6.45, 7) is 2.15. The van der Waals surface area contributed by atoms with Gasteiger partial charge in [-0.25, -0.2) is 8.42 Å². The molecule has 2 aromatic carbocycles. The number of amides is 1. The molecule has 0 aromatic heterocycles. The summed E-state index contributed by atoms with van der Waals surface area (Å²) in [6, 6.07) is 13.9. The predicted octanol–water partition coefficient (Wildman–Crippen LogP) is 2.73. The number of hydrogen-bond acceptors (Lipinski definition) is 5. The topological polar surface area (TPSA) is 75.7 Å². The van der Waals surface area contributed by atoms with E-state index in [1.165, 1.54) is 12.1 Å². The highest BCUT2D eigenvalue weighted by atomic mass is 32.2. The molecule has 0 aliphatic rings. The maximum absolute atomic E-state index is 12.3. The van der Waals surface area contributed by atoms with Crippen LogP contribution in [0.4, 0.5) is 5.69 Å². The van der Waals surface area contributed by atoms with E-state index in [0.29, 0.717) is 5.69 Å². The molecule has 1 amide bonds. The first-order valence-corrected chi connectivity index (χ1v) is 10.0. The summed E-state index contributed by atoms with van der Waals surface area (Å²) in [4.78, 5) is 14.4. The van der Waals surface area contributed by atoms with Crippen molar-refractivity contribution in [3.8, 4) is 5.75 Å². The van der Waals surface area contributed by atoms with E-state index in [-0.39, 0.29) is 23.4 Å². The van der Waals surface area contributed by atoms with Gasteiger partial charge >= 0.3 is 0 Å². The minimum Gasteiger partial charge on any atom is -0.496 e. The van der Waals surface area contributed by atoms with Crippen LogP contribution in [-0.2, 0) is 14.6 Å². The largest absolute Gasteiger partial charge is 0.496 e. The molecule has 2 rings (SSSR count). The number of sulfone groups is 1. The number of nitrogens with one attached hydrogen (secondary N) is 1. The molecule has 1 atom stereocenters. The molecule has 0 saturated carbocycles. The average Bonchev–Trinajstić information content (AvgIpc) is 2.60. The summed E-state index contributed by atoms with van der Waals surface area (Å²) in [6.07, 6.45) is 1.14. The average molecular weight is 376 g/mol. The van der Waals surface area contributed by atoms with Crippen molar-refractivity contribution in [3.05, 3.63) is 54.1 Å². The Bertz CT molecular complexity index is 881. The van der Waals surface area contributed by atoms with Gasteiger partial charge in [0.05, 0.1) is 18.6 Å². The summed E-state index contributed by atoms with van der Waals surface area (Å²) < 4.78 is 28.6. The summed E-state index contributed by atoms with van der Waals surface area (Å²) >= 11 is 0. The maximum Gasteiger partial charge on any atom is 0.238 e. The minimum atomic E-state index is -3.32. The van der Waals surface area contributed by atoms with Gasteiger partial charge in [0.25, 0.3) is 0 Å². The summed E-state index contributed by atoms with van der Waals surface area (Å²) in [7, 11) is 0.152. The molecular formula is C19H24N2O4S. The highest BCUT2D eigenvalue weighted by Gasteiger charge is 2.18. The smallest absolute Gasteiger partial charge is 0.238 e. The van der Waals surface area contributed by atoms with Gasteiger partial charge in [0.1, 0.15) is 5.75 Å². The normalized spacial score (nSPS) is 12.7. The molecule has 0 aliphatic carbocycles. The summed E-state index contributed by atoms with van der Waals surface area (Å²) in [5.41, 5.74) is 1.45. The molecule has 0 bridgehead atoms. The lowest BCUT2D eigenvalue weighted by molar-refractivity contribution is -0.117. The molecule has 0 aliphatic heterocycles. The zero-order valence-electron chi connectivity index (χ0n) is 15.4. The second kappa shape index (κ2) is 8.33. The summed E-state index contributed by atoms with van der Waals surface area (Å²) in [5, 5.41) is 2.74. The van der Waals surface area contributed by atoms with Crippen molar-refractivity contribution in [1.82, 2.24) is 4.90 Å². The third-order valence-electron chi connectivity index (χ3n) is 4.19. The van der Waals surface area contributed by atoms with E-state index in [1.807, 2.05) is 43.1 Å². The van der Waals surface area contributed by atoms with Crippen LogP contribution < -0.4 is 10.1 Å². The predicted molar refractivity (Wildman–Crippen MR) is 102 cm³/mol. The van der Waals surface area contributed by atoms with E-state index in [0.717, 1.165) is 17.6 Å². The lowest BCUT2D eigenvalue weighted by atomic mass is 10.1. The number of carbonyl (C=O) groups excluding carboxylic acids is 1. The van der Waals surface area contributed by atoms with Gasteiger partial charge in [0.2, 0.25) is 5.91 Å². The molecule has 0 saturated heterocycles. The van der Waals surface area contributed by atoms with Crippen LogP contribution in [0.3, 0.4) is 0 Å². The molecule has 26 heavy (non-hydrogen) atoms. The zero-order chi connectivity index (χ0) is 19.3. The number of hydrogen-bond donors (Lipinski definition) is 1. The molecule has 140 valence electrons. The van der Waals surface area contributed by atoms with Crippen molar-refractivity contribution < 1.29 is 17.9 Å². The third-order valence-corrected chi connectivity index (χ3v) is 5.30. The molecule has 0 spiro atoms. The lowest BCUT2D eigenvalue weighted by Gasteiger charge is -2.25. The number of anilines is 1. The molecule has 2 aromatic rings. The number of carbonyl (C=O) groups is 1. The molecule has 7 heteroatoms. The number of rotatable bonds is 7. The highest BCUT2D eigenvalue weighted by Crippen LogP contribution is 2.27. The van der Waals surface area contributed by atoms with Crippen molar-refractivity contribution in [1.29, 1.82) is 0 Å². The van der Waals surface area contributed by atoms with Crippen LogP contribution in [0.5, 0.6) is 5.75 Å². The first-order chi connectivity index (χ1) is 12.2. The molecule has 1 unspecified atom stereocenters. The second-order valence-electron chi connectivity index (χ2n) is 6.18. The third kappa shape index (κ3) is 5.06. The number of benzene rings is 2. The van der Waals surface area contributed by atoms with Gasteiger partial charge in [-0.1, -0.05) is 24.3 Å². The standard InChI is InChI=1S/C19H24N2O4S/c1-14(17-10-5-6-11-18(17)25-3)21(2)13-19(22)20-15-8-7-9-16(12-15)26(4,23)24/h5-12,14H,13H2,1-4H3,(H,20,22). The number of likely N-dealkylation sites (N-methyl/N-ethyl adjacent to an activating group) is 1. The van der Waals surface area contributed by atoms with Crippen LogP contribution in [0.25, 0.3) is 0 Å². The van der Waals surface area contributed by atoms with Crippen LogP contribution >= 0.6 is 0 Å². The molecule has 1 N–H and O–H groups in total. The first-order valence-electron chi connectivity index (χ1n) is 8.15. The van der Waals surface area contributed by atoms with Crippen LogP contribution in [0.15, 0.2) is 53.4 Å². The van der Waals surface area contributed by atoms with E-state index >= 15 is 0 Å². The number of methoxy groups -OCH3 is 1.